The molecule has 0 aromatic heterocycles. The molecule has 0 aliphatic carbocycles. The highest BCUT2D eigenvalue weighted by Crippen LogP contribution is 2.40. The maximum atomic E-state index is 12.8. The van der Waals surface area contributed by atoms with Gasteiger partial charge in [0.2, 0.25) is 5.91 Å². The van der Waals surface area contributed by atoms with Gasteiger partial charge in [0, 0.05) is 5.75 Å². The highest BCUT2D eigenvalue weighted by Gasteiger charge is 2.53. The summed E-state index contributed by atoms with van der Waals surface area (Å²) >= 11 is 1.54. The van der Waals surface area contributed by atoms with Crippen molar-refractivity contribution in [3.63, 3.8) is 0 Å². The lowest BCUT2D eigenvalue weighted by Gasteiger charge is -2.49. The van der Waals surface area contributed by atoms with Gasteiger partial charge in [0.25, 0.3) is 5.91 Å². The van der Waals surface area contributed by atoms with Crippen LogP contribution >= 0.6 is 11.8 Å². The van der Waals surface area contributed by atoms with Crippen LogP contribution in [0.5, 0.6) is 0 Å². The molecular weight excluding hydrogens is 400 g/mol. The third-order valence-electron chi connectivity index (χ3n) is 5.09. The molecule has 2 aliphatic rings. The number of rotatable bonds is 6. The van der Waals surface area contributed by atoms with Crippen molar-refractivity contribution in [1.29, 1.82) is 0 Å². The van der Waals surface area contributed by atoms with E-state index in [0.717, 1.165) is 16.7 Å². The van der Waals surface area contributed by atoms with Crippen LogP contribution in [-0.2, 0) is 32.1 Å². The fourth-order valence-electron chi connectivity index (χ4n) is 3.56. The first kappa shape index (κ1) is 20.2. The van der Waals surface area contributed by atoms with Gasteiger partial charge in [-0.1, -0.05) is 60.7 Å². The lowest BCUT2D eigenvalue weighted by atomic mass is 10.0. The van der Waals surface area contributed by atoms with Crippen LogP contribution in [0.3, 0.4) is 0 Å². The molecule has 30 heavy (non-hydrogen) atoms. The van der Waals surface area contributed by atoms with Crippen molar-refractivity contribution >= 4 is 29.5 Å². The van der Waals surface area contributed by atoms with Gasteiger partial charge < -0.3 is 10.1 Å². The van der Waals surface area contributed by atoms with Crippen LogP contribution < -0.4 is 5.32 Å². The van der Waals surface area contributed by atoms with Crippen LogP contribution in [0.25, 0.3) is 0 Å². The molecule has 2 amide bonds. The molecule has 1 N–H and O–H groups in total. The van der Waals surface area contributed by atoms with Crippen molar-refractivity contribution in [2.75, 3.05) is 5.75 Å². The van der Waals surface area contributed by atoms with Crippen molar-refractivity contribution in [1.82, 2.24) is 10.2 Å². The number of hydrogen-bond acceptors (Lipinski definition) is 5. The third kappa shape index (κ3) is 4.11. The zero-order valence-corrected chi connectivity index (χ0v) is 17.4. The second kappa shape index (κ2) is 8.75. The van der Waals surface area contributed by atoms with E-state index in [4.69, 9.17) is 4.74 Å². The Morgan fingerprint density at radius 3 is 2.37 bits per heavy atom. The molecule has 154 valence electrons. The first-order valence-electron chi connectivity index (χ1n) is 9.73. The minimum atomic E-state index is -0.628. The number of ether oxygens (including phenoxy) is 1. The summed E-state index contributed by atoms with van der Waals surface area (Å²) in [6.07, 6.45) is 0.211. The van der Waals surface area contributed by atoms with Crippen LogP contribution in [0.15, 0.2) is 71.9 Å². The third-order valence-corrected chi connectivity index (χ3v) is 6.51. The SMILES string of the molecule is CC1=C(C(=O)OCc2ccccc2)N2C(=O)C(NC(=O)Cc3ccccc3)C2SC1. The number of nitrogens with zero attached hydrogens (tertiary/aromatic N) is 1. The maximum absolute atomic E-state index is 12.8. The van der Waals surface area contributed by atoms with Gasteiger partial charge in [-0.15, -0.1) is 11.8 Å². The zero-order chi connectivity index (χ0) is 21.1. The number of β-lactam (4-membered cyclic amide) rings is 1. The quantitative estimate of drug-likeness (QED) is 0.572. The topological polar surface area (TPSA) is 75.7 Å². The Morgan fingerprint density at radius 1 is 1.07 bits per heavy atom. The van der Waals surface area contributed by atoms with Gasteiger partial charge in [-0.25, -0.2) is 4.79 Å². The van der Waals surface area contributed by atoms with Gasteiger partial charge in [0.05, 0.1) is 6.42 Å². The number of carbonyl (C=O) groups excluding carboxylic acids is 3. The maximum Gasteiger partial charge on any atom is 0.355 e. The van der Waals surface area contributed by atoms with Crippen molar-refractivity contribution in [2.45, 2.75) is 31.4 Å². The smallest absolute Gasteiger partial charge is 0.355 e. The summed E-state index contributed by atoms with van der Waals surface area (Å²) in [4.78, 5) is 39.3. The van der Waals surface area contributed by atoms with Crippen molar-refractivity contribution in [3.05, 3.63) is 83.1 Å². The van der Waals surface area contributed by atoms with E-state index < -0.39 is 12.0 Å². The number of nitrogens with one attached hydrogen (secondary N) is 1. The molecule has 2 aromatic rings. The number of carbonyl (C=O) groups is 3. The lowest BCUT2D eigenvalue weighted by molar-refractivity contribution is -0.153. The average Bonchev–Trinajstić information content (AvgIpc) is 2.77. The Hall–Kier alpha value is -3.06. The Bertz CT molecular complexity index is 991. The summed E-state index contributed by atoms with van der Waals surface area (Å²) < 4.78 is 5.45. The predicted molar refractivity (Wildman–Crippen MR) is 114 cm³/mol. The van der Waals surface area contributed by atoms with Crippen LogP contribution in [0.1, 0.15) is 18.1 Å². The molecular formula is C23H22N2O4S. The van der Waals surface area contributed by atoms with Gasteiger partial charge in [-0.05, 0) is 23.6 Å². The molecule has 2 aliphatic heterocycles. The van der Waals surface area contributed by atoms with Crippen LogP contribution in [0.2, 0.25) is 0 Å². The minimum Gasteiger partial charge on any atom is -0.456 e. The molecule has 2 heterocycles. The second-order valence-corrected chi connectivity index (χ2v) is 8.41. The van der Waals surface area contributed by atoms with E-state index in [1.165, 1.54) is 4.90 Å². The predicted octanol–water partition coefficient (Wildman–Crippen LogP) is 2.65. The molecule has 7 heteroatoms. The van der Waals surface area contributed by atoms with Gasteiger partial charge in [-0.3, -0.25) is 14.5 Å². The van der Waals surface area contributed by atoms with E-state index >= 15 is 0 Å². The van der Waals surface area contributed by atoms with E-state index in [0.29, 0.717) is 11.4 Å². The average molecular weight is 423 g/mol. The van der Waals surface area contributed by atoms with Crippen LogP contribution in [0, 0.1) is 0 Å². The van der Waals surface area contributed by atoms with Gasteiger partial charge >= 0.3 is 5.97 Å². The van der Waals surface area contributed by atoms with Crippen molar-refractivity contribution < 1.29 is 19.1 Å². The molecule has 2 unspecified atom stereocenters. The Kier molecular flexibility index (Phi) is 5.90. The molecule has 1 fully saturated rings. The number of amides is 2. The van der Waals surface area contributed by atoms with E-state index in [1.807, 2.05) is 67.6 Å². The summed E-state index contributed by atoms with van der Waals surface area (Å²) in [6.45, 7) is 1.98. The number of fused-ring (bicyclic) bond motifs is 1. The van der Waals surface area contributed by atoms with Gasteiger partial charge in [0.1, 0.15) is 23.7 Å². The summed E-state index contributed by atoms with van der Waals surface area (Å²) in [5.41, 5.74) is 2.87. The monoisotopic (exact) mass is 422 g/mol. The molecule has 0 bridgehead atoms. The molecule has 0 radical (unpaired) electrons. The summed E-state index contributed by atoms with van der Waals surface area (Å²) in [6, 6.07) is 18.2. The fourth-order valence-corrected chi connectivity index (χ4v) is 4.85. The number of benzene rings is 2. The van der Waals surface area contributed by atoms with Gasteiger partial charge in [0.15, 0.2) is 0 Å². The van der Waals surface area contributed by atoms with Crippen molar-refractivity contribution in [3.8, 4) is 0 Å². The molecule has 4 rings (SSSR count). The minimum absolute atomic E-state index is 0.146. The molecule has 0 saturated carbocycles. The summed E-state index contributed by atoms with van der Waals surface area (Å²) in [7, 11) is 0. The first-order valence-corrected chi connectivity index (χ1v) is 10.8. The molecule has 0 spiro atoms. The Balaban J connectivity index is 1.39. The van der Waals surface area contributed by atoms with E-state index in [9.17, 15) is 14.4 Å². The second-order valence-electron chi connectivity index (χ2n) is 7.31. The number of thioether (sulfide) groups is 1. The molecule has 2 atom stereocenters. The van der Waals surface area contributed by atoms with E-state index in [-0.39, 0.29) is 30.2 Å². The Labute approximate surface area is 179 Å². The number of esters is 1. The highest BCUT2D eigenvalue weighted by atomic mass is 32.2. The lowest BCUT2D eigenvalue weighted by Crippen LogP contribution is -2.70. The fraction of sp³-hybridized carbons (Fsp3) is 0.261. The summed E-state index contributed by atoms with van der Waals surface area (Å²) in [5, 5.41) is 2.53. The van der Waals surface area contributed by atoms with E-state index in [1.54, 1.807) is 11.8 Å². The van der Waals surface area contributed by atoms with Gasteiger partial charge in [-0.2, -0.15) is 0 Å². The largest absolute Gasteiger partial charge is 0.456 e. The molecule has 6 nitrogen and oxygen atoms in total. The van der Waals surface area contributed by atoms with Crippen molar-refractivity contribution in [2.24, 2.45) is 0 Å². The molecule has 2 aromatic carbocycles. The normalized spacial score (nSPS) is 20.3. The van der Waals surface area contributed by atoms with Crippen LogP contribution in [-0.4, -0.2) is 39.9 Å². The summed E-state index contributed by atoms with van der Waals surface area (Å²) in [5.74, 6) is -0.391. The van der Waals surface area contributed by atoms with E-state index in [2.05, 4.69) is 5.32 Å². The molecule has 1 saturated heterocycles. The number of hydrogen-bond donors (Lipinski definition) is 1. The highest BCUT2D eigenvalue weighted by molar-refractivity contribution is 8.00. The Morgan fingerprint density at radius 2 is 1.70 bits per heavy atom. The standard InChI is InChI=1S/C23H22N2O4S/c1-15-14-30-22-19(24-18(26)12-16-8-4-2-5-9-16)21(27)25(22)20(15)23(28)29-13-17-10-6-3-7-11-17/h2-11,19,22H,12-14H2,1H3,(H,24,26). The zero-order valence-electron chi connectivity index (χ0n) is 16.5. The van der Waals surface area contributed by atoms with Crippen LogP contribution in [0.4, 0.5) is 0 Å². The first-order chi connectivity index (χ1) is 14.5.